The van der Waals surface area contributed by atoms with Crippen LogP contribution in [0.5, 0.6) is 0 Å². The van der Waals surface area contributed by atoms with Gasteiger partial charge in [0.2, 0.25) is 11.6 Å². The van der Waals surface area contributed by atoms with E-state index in [2.05, 4.69) is 30.6 Å². The van der Waals surface area contributed by atoms with E-state index < -0.39 is 4.92 Å². The number of fused-ring (bicyclic) bond motifs is 1. The zero-order chi connectivity index (χ0) is 19.5. The number of benzene rings is 1. The molecule has 9 heteroatoms. The lowest BCUT2D eigenvalue weighted by Gasteiger charge is -2.11. The van der Waals surface area contributed by atoms with Crippen LogP contribution in [0.15, 0.2) is 61.1 Å². The largest absolute Gasteiger partial charge is 0.353 e. The quantitative estimate of drug-likeness (QED) is 0.396. The average molecular weight is 373 g/mol. The molecule has 0 bridgehead atoms. The van der Waals surface area contributed by atoms with Gasteiger partial charge in [-0.3, -0.25) is 15.1 Å². The molecule has 4 aromatic rings. The summed E-state index contributed by atoms with van der Waals surface area (Å²) >= 11 is 0. The van der Waals surface area contributed by atoms with Crippen LogP contribution in [0.3, 0.4) is 0 Å². The Bertz CT molecular complexity index is 1170. The second kappa shape index (κ2) is 7.23. The smallest absolute Gasteiger partial charge is 0.332 e. The number of nitro groups is 1. The maximum Gasteiger partial charge on any atom is 0.353 e. The molecule has 9 nitrogen and oxygen atoms in total. The molecule has 0 radical (unpaired) electrons. The van der Waals surface area contributed by atoms with Gasteiger partial charge in [0.05, 0.1) is 16.1 Å². The fraction of sp³-hybridized carbons (Fsp3) is 0.0526. The molecule has 28 heavy (non-hydrogen) atoms. The first-order chi connectivity index (χ1) is 13.6. The highest BCUT2D eigenvalue weighted by Crippen LogP contribution is 2.34. The third kappa shape index (κ3) is 3.40. The number of rotatable bonds is 5. The topological polar surface area (TPSA) is 119 Å². The van der Waals surface area contributed by atoms with Crippen LogP contribution in [0.4, 0.5) is 28.8 Å². The van der Waals surface area contributed by atoms with E-state index in [9.17, 15) is 10.1 Å². The summed E-state index contributed by atoms with van der Waals surface area (Å²) in [5, 5.41) is 18.6. The maximum absolute atomic E-state index is 11.8. The first-order valence-corrected chi connectivity index (χ1v) is 8.42. The van der Waals surface area contributed by atoms with Gasteiger partial charge in [0.1, 0.15) is 12.1 Å². The summed E-state index contributed by atoms with van der Waals surface area (Å²) in [6.45, 7) is 1.83. The van der Waals surface area contributed by atoms with E-state index in [4.69, 9.17) is 0 Å². The number of anilines is 4. The van der Waals surface area contributed by atoms with Crippen molar-refractivity contribution in [2.24, 2.45) is 0 Å². The molecule has 0 unspecified atom stereocenters. The predicted octanol–water partition coefficient (Wildman–Crippen LogP) is 4.12. The van der Waals surface area contributed by atoms with Gasteiger partial charge in [-0.2, -0.15) is 0 Å². The Hall–Kier alpha value is -4.14. The highest BCUT2D eigenvalue weighted by Gasteiger charge is 2.24. The highest BCUT2D eigenvalue weighted by atomic mass is 16.6. The predicted molar refractivity (Wildman–Crippen MR) is 106 cm³/mol. The molecule has 0 saturated carbocycles. The molecule has 0 aliphatic rings. The maximum atomic E-state index is 11.8. The molecule has 0 aliphatic heterocycles. The van der Waals surface area contributed by atoms with Crippen LogP contribution < -0.4 is 10.6 Å². The number of hydrogen-bond acceptors (Lipinski definition) is 8. The lowest BCUT2D eigenvalue weighted by atomic mass is 10.2. The highest BCUT2D eigenvalue weighted by molar-refractivity contribution is 5.92. The molecule has 2 N–H and O–H groups in total. The number of hydrogen-bond donors (Lipinski definition) is 2. The normalized spacial score (nSPS) is 10.6. The van der Waals surface area contributed by atoms with Crippen molar-refractivity contribution in [3.8, 4) is 0 Å². The molecule has 0 aliphatic carbocycles. The van der Waals surface area contributed by atoms with Gasteiger partial charge in [0.25, 0.3) is 0 Å². The standard InChI is InChI=1S/C19H15N7O2/c1-12-5-2-9-15(23-12)25-19-17(26(27)28)18(21-11-22-19)24-14-8-3-6-13-7-4-10-20-16(13)14/h2-11H,1H3,(H2,21,22,23,24,25). The van der Waals surface area contributed by atoms with Crippen molar-refractivity contribution in [2.75, 3.05) is 10.6 Å². The van der Waals surface area contributed by atoms with Crippen molar-refractivity contribution in [2.45, 2.75) is 6.92 Å². The summed E-state index contributed by atoms with van der Waals surface area (Å²) in [5.41, 5.74) is 1.80. The summed E-state index contributed by atoms with van der Waals surface area (Å²) in [4.78, 5) is 28.0. The van der Waals surface area contributed by atoms with E-state index in [0.29, 0.717) is 17.0 Å². The molecule has 138 valence electrons. The number of nitrogens with one attached hydrogen (secondary N) is 2. The Kier molecular flexibility index (Phi) is 4.47. The van der Waals surface area contributed by atoms with Crippen molar-refractivity contribution in [1.82, 2.24) is 19.9 Å². The van der Waals surface area contributed by atoms with Gasteiger partial charge in [-0.25, -0.2) is 15.0 Å². The zero-order valence-corrected chi connectivity index (χ0v) is 14.8. The molecule has 0 saturated heterocycles. The van der Waals surface area contributed by atoms with Crippen molar-refractivity contribution in [1.29, 1.82) is 0 Å². The van der Waals surface area contributed by atoms with Gasteiger partial charge in [0, 0.05) is 17.3 Å². The first kappa shape index (κ1) is 17.3. The van der Waals surface area contributed by atoms with Gasteiger partial charge < -0.3 is 10.6 Å². The van der Waals surface area contributed by atoms with E-state index >= 15 is 0 Å². The van der Waals surface area contributed by atoms with Crippen LogP contribution in [0.2, 0.25) is 0 Å². The summed E-state index contributed by atoms with van der Waals surface area (Å²) in [7, 11) is 0. The zero-order valence-electron chi connectivity index (χ0n) is 14.8. The van der Waals surface area contributed by atoms with Crippen LogP contribution in [-0.4, -0.2) is 24.9 Å². The van der Waals surface area contributed by atoms with Crippen LogP contribution in [-0.2, 0) is 0 Å². The molecule has 4 rings (SSSR count). The minimum Gasteiger partial charge on any atom is -0.332 e. The van der Waals surface area contributed by atoms with Crippen molar-refractivity contribution < 1.29 is 4.92 Å². The van der Waals surface area contributed by atoms with Gasteiger partial charge in [-0.1, -0.05) is 24.3 Å². The van der Waals surface area contributed by atoms with Crippen molar-refractivity contribution in [3.05, 3.63) is 76.9 Å². The fourth-order valence-electron chi connectivity index (χ4n) is 2.80. The minimum absolute atomic E-state index is 0.0498. The summed E-state index contributed by atoms with van der Waals surface area (Å²) in [5.74, 6) is 0.571. The fourth-order valence-corrected chi connectivity index (χ4v) is 2.80. The van der Waals surface area contributed by atoms with Crippen LogP contribution in [0.1, 0.15) is 5.69 Å². The molecular weight excluding hydrogens is 358 g/mol. The van der Waals surface area contributed by atoms with Crippen LogP contribution in [0, 0.1) is 17.0 Å². The molecule has 0 atom stereocenters. The van der Waals surface area contributed by atoms with E-state index in [1.807, 2.05) is 37.3 Å². The molecule has 1 aromatic carbocycles. The molecular formula is C19H15N7O2. The summed E-state index contributed by atoms with van der Waals surface area (Å²) in [6, 6.07) is 14.6. The minimum atomic E-state index is -0.529. The third-order valence-corrected chi connectivity index (χ3v) is 4.03. The van der Waals surface area contributed by atoms with Gasteiger partial charge >= 0.3 is 5.69 Å². The lowest BCUT2D eigenvalue weighted by Crippen LogP contribution is -2.06. The number of para-hydroxylation sites is 1. The molecule has 0 amide bonds. The van der Waals surface area contributed by atoms with E-state index in [1.165, 1.54) is 6.33 Å². The third-order valence-electron chi connectivity index (χ3n) is 4.03. The molecule has 0 spiro atoms. The van der Waals surface area contributed by atoms with Gasteiger partial charge in [-0.05, 0) is 31.2 Å². The van der Waals surface area contributed by atoms with Crippen LogP contribution in [0.25, 0.3) is 10.9 Å². The second-order valence-corrected chi connectivity index (χ2v) is 5.97. The number of aromatic nitrogens is 4. The SMILES string of the molecule is Cc1cccc(Nc2ncnc(Nc3cccc4cccnc34)c2[N+](=O)[O-])n1. The Morgan fingerprint density at radius 3 is 2.46 bits per heavy atom. The monoisotopic (exact) mass is 373 g/mol. The summed E-state index contributed by atoms with van der Waals surface area (Å²) in [6.07, 6.45) is 2.92. The van der Waals surface area contributed by atoms with E-state index in [1.54, 1.807) is 24.4 Å². The number of pyridine rings is 2. The Labute approximate surface area is 159 Å². The average Bonchev–Trinajstić information content (AvgIpc) is 2.68. The molecule has 0 fully saturated rings. The second-order valence-electron chi connectivity index (χ2n) is 5.97. The summed E-state index contributed by atoms with van der Waals surface area (Å²) < 4.78 is 0. The molecule has 3 aromatic heterocycles. The Morgan fingerprint density at radius 1 is 0.929 bits per heavy atom. The number of nitrogens with zero attached hydrogens (tertiary/aromatic N) is 5. The first-order valence-electron chi connectivity index (χ1n) is 8.42. The van der Waals surface area contributed by atoms with Crippen molar-refractivity contribution in [3.63, 3.8) is 0 Å². The lowest BCUT2D eigenvalue weighted by molar-refractivity contribution is -0.383. The van der Waals surface area contributed by atoms with E-state index in [-0.39, 0.29) is 17.3 Å². The van der Waals surface area contributed by atoms with E-state index in [0.717, 1.165) is 11.1 Å². The Morgan fingerprint density at radius 2 is 1.68 bits per heavy atom. The van der Waals surface area contributed by atoms with Crippen molar-refractivity contribution >= 4 is 39.7 Å². The van der Waals surface area contributed by atoms with Crippen LogP contribution >= 0.6 is 0 Å². The van der Waals surface area contributed by atoms with Gasteiger partial charge in [-0.15, -0.1) is 0 Å². The number of aryl methyl sites for hydroxylation is 1. The molecule has 3 heterocycles. The van der Waals surface area contributed by atoms with Gasteiger partial charge in [0.15, 0.2) is 0 Å². The Balaban J connectivity index is 1.76.